The maximum absolute atomic E-state index is 12.4. The van der Waals surface area contributed by atoms with Crippen LogP contribution in [-0.2, 0) is 4.79 Å². The van der Waals surface area contributed by atoms with Gasteiger partial charge in [-0.2, -0.15) is 5.26 Å². The Morgan fingerprint density at radius 2 is 1.96 bits per heavy atom. The number of carbonyl (C=O) groups is 1. The lowest BCUT2D eigenvalue weighted by atomic mass is 10.2. The predicted octanol–water partition coefficient (Wildman–Crippen LogP) is 4.99. The normalized spacial score (nSPS) is 11.0. The van der Waals surface area contributed by atoms with Gasteiger partial charge >= 0.3 is 0 Å². The van der Waals surface area contributed by atoms with Crippen LogP contribution in [0, 0.1) is 18.3 Å². The molecule has 28 heavy (non-hydrogen) atoms. The molecule has 0 bridgehead atoms. The van der Waals surface area contributed by atoms with E-state index in [1.807, 2.05) is 54.1 Å². The number of ether oxygens (including phenoxy) is 1. The van der Waals surface area contributed by atoms with Crippen LogP contribution in [0.2, 0.25) is 5.02 Å². The number of anilines is 1. The smallest absolute Gasteiger partial charge is 0.266 e. The lowest BCUT2D eigenvalue weighted by Crippen LogP contribution is -2.13. The lowest BCUT2D eigenvalue weighted by Gasteiger charge is -2.07. The van der Waals surface area contributed by atoms with Crippen LogP contribution in [0.3, 0.4) is 0 Å². The Balaban J connectivity index is 1.84. The van der Waals surface area contributed by atoms with Crippen LogP contribution in [-0.4, -0.2) is 17.6 Å². The van der Waals surface area contributed by atoms with Crippen LogP contribution < -0.4 is 10.1 Å². The predicted molar refractivity (Wildman–Crippen MR) is 111 cm³/mol. The number of benzene rings is 2. The largest absolute Gasteiger partial charge is 0.497 e. The molecular formula is C22H18ClN3O2. The van der Waals surface area contributed by atoms with Gasteiger partial charge in [0.1, 0.15) is 17.4 Å². The van der Waals surface area contributed by atoms with Crippen LogP contribution in [0.15, 0.2) is 66.4 Å². The molecule has 5 nitrogen and oxygen atoms in total. The number of aryl methyl sites for hydroxylation is 1. The van der Waals surface area contributed by atoms with Crippen LogP contribution in [0.1, 0.15) is 11.3 Å². The summed E-state index contributed by atoms with van der Waals surface area (Å²) in [5.41, 5.74) is 3.23. The molecular weight excluding hydrogens is 374 g/mol. The highest BCUT2D eigenvalue weighted by atomic mass is 35.5. The van der Waals surface area contributed by atoms with E-state index in [1.165, 1.54) is 0 Å². The third-order valence-corrected chi connectivity index (χ3v) is 4.38. The lowest BCUT2D eigenvalue weighted by molar-refractivity contribution is -0.112. The van der Waals surface area contributed by atoms with Gasteiger partial charge in [-0.05, 0) is 67.1 Å². The molecule has 0 saturated heterocycles. The molecule has 0 fully saturated rings. The molecule has 0 radical (unpaired) electrons. The Kier molecular flexibility index (Phi) is 5.83. The molecule has 1 aromatic heterocycles. The summed E-state index contributed by atoms with van der Waals surface area (Å²) in [6.07, 6.45) is 3.44. The summed E-state index contributed by atoms with van der Waals surface area (Å²) in [5, 5.41) is 12.6. The number of nitriles is 1. The maximum atomic E-state index is 12.4. The molecule has 0 aliphatic carbocycles. The average molecular weight is 392 g/mol. The second-order valence-electron chi connectivity index (χ2n) is 6.12. The van der Waals surface area contributed by atoms with Crippen molar-refractivity contribution in [1.82, 2.24) is 4.57 Å². The zero-order chi connectivity index (χ0) is 20.1. The summed E-state index contributed by atoms with van der Waals surface area (Å²) in [4.78, 5) is 12.4. The first-order chi connectivity index (χ1) is 13.5. The first kappa shape index (κ1) is 19.3. The number of carbonyl (C=O) groups excluding carboxylic acids is 1. The quantitative estimate of drug-likeness (QED) is 0.492. The minimum absolute atomic E-state index is 0.00635. The van der Waals surface area contributed by atoms with Gasteiger partial charge in [-0.3, -0.25) is 4.79 Å². The number of hydrogen-bond donors (Lipinski definition) is 1. The number of hydrogen-bond acceptors (Lipinski definition) is 3. The van der Waals surface area contributed by atoms with Crippen molar-refractivity contribution < 1.29 is 9.53 Å². The number of nitrogens with one attached hydrogen (secondary N) is 1. The van der Waals surface area contributed by atoms with E-state index >= 15 is 0 Å². The highest BCUT2D eigenvalue weighted by Gasteiger charge is 2.11. The van der Waals surface area contributed by atoms with Gasteiger partial charge in [0.2, 0.25) is 0 Å². The molecule has 0 saturated carbocycles. The Morgan fingerprint density at radius 3 is 2.61 bits per heavy atom. The Labute approximate surface area is 168 Å². The van der Waals surface area contributed by atoms with Gasteiger partial charge in [-0.25, -0.2) is 0 Å². The van der Waals surface area contributed by atoms with Gasteiger partial charge < -0.3 is 14.6 Å². The molecule has 3 aromatic rings. The van der Waals surface area contributed by atoms with E-state index in [9.17, 15) is 10.1 Å². The number of halogens is 1. The van der Waals surface area contributed by atoms with E-state index in [1.54, 1.807) is 37.5 Å². The second kappa shape index (κ2) is 8.47. The highest BCUT2D eigenvalue weighted by Crippen LogP contribution is 2.21. The van der Waals surface area contributed by atoms with Gasteiger partial charge in [-0.15, -0.1) is 0 Å². The monoisotopic (exact) mass is 391 g/mol. The third-order valence-electron chi connectivity index (χ3n) is 4.14. The zero-order valence-corrected chi connectivity index (χ0v) is 16.2. The fourth-order valence-electron chi connectivity index (χ4n) is 2.78. The molecule has 0 aliphatic heterocycles. The maximum Gasteiger partial charge on any atom is 0.266 e. The summed E-state index contributed by atoms with van der Waals surface area (Å²) in [6.45, 7) is 1.96. The number of rotatable bonds is 5. The van der Waals surface area contributed by atoms with E-state index in [4.69, 9.17) is 16.3 Å². The van der Waals surface area contributed by atoms with Gasteiger partial charge in [0.15, 0.2) is 0 Å². The molecule has 3 rings (SSSR count). The van der Waals surface area contributed by atoms with Crippen molar-refractivity contribution in [2.75, 3.05) is 12.4 Å². The summed E-state index contributed by atoms with van der Waals surface area (Å²) >= 11 is 5.93. The van der Waals surface area contributed by atoms with Crippen LogP contribution in [0.5, 0.6) is 5.75 Å². The van der Waals surface area contributed by atoms with Gasteiger partial charge in [0, 0.05) is 28.3 Å². The van der Waals surface area contributed by atoms with Crippen molar-refractivity contribution in [3.8, 4) is 17.5 Å². The third kappa shape index (κ3) is 4.43. The molecule has 6 heteroatoms. The van der Waals surface area contributed by atoms with Crippen molar-refractivity contribution in [3.05, 3.63) is 82.6 Å². The average Bonchev–Trinajstić information content (AvgIpc) is 3.06. The molecule has 1 amide bonds. The second-order valence-corrected chi connectivity index (χ2v) is 6.55. The standard InChI is InChI=1S/C22H18ClN3O2/c1-15-10-16(14-26(15)20-6-8-21(28-2)9-7-20)11-17(13-24)22(27)25-19-5-3-4-18(23)12-19/h3-12,14H,1-2H3,(H,25,27)/b17-11+. The molecule has 1 heterocycles. The van der Waals surface area contributed by atoms with E-state index in [0.717, 1.165) is 22.7 Å². The summed E-state index contributed by atoms with van der Waals surface area (Å²) < 4.78 is 7.16. The number of aromatic nitrogens is 1. The van der Waals surface area contributed by atoms with Crippen molar-refractivity contribution in [3.63, 3.8) is 0 Å². The Hall–Kier alpha value is -3.49. The highest BCUT2D eigenvalue weighted by molar-refractivity contribution is 6.31. The molecule has 140 valence electrons. The number of nitrogens with zero attached hydrogens (tertiary/aromatic N) is 2. The molecule has 0 spiro atoms. The van der Waals surface area contributed by atoms with Crippen LogP contribution in [0.4, 0.5) is 5.69 Å². The van der Waals surface area contributed by atoms with Gasteiger partial charge in [0.25, 0.3) is 5.91 Å². The SMILES string of the molecule is COc1ccc(-n2cc(/C=C(\C#N)C(=O)Nc3cccc(Cl)c3)cc2C)cc1. The first-order valence-electron chi connectivity index (χ1n) is 8.52. The van der Waals surface area contributed by atoms with Crippen molar-refractivity contribution in [2.45, 2.75) is 6.92 Å². The minimum atomic E-state index is -0.486. The number of methoxy groups -OCH3 is 1. The van der Waals surface area contributed by atoms with E-state index < -0.39 is 5.91 Å². The summed E-state index contributed by atoms with van der Waals surface area (Å²) in [6, 6.07) is 18.3. The van der Waals surface area contributed by atoms with E-state index in [-0.39, 0.29) is 5.57 Å². The zero-order valence-electron chi connectivity index (χ0n) is 15.4. The van der Waals surface area contributed by atoms with E-state index in [2.05, 4.69) is 5.32 Å². The van der Waals surface area contributed by atoms with Crippen molar-refractivity contribution in [1.29, 1.82) is 5.26 Å². The van der Waals surface area contributed by atoms with Crippen LogP contribution >= 0.6 is 11.6 Å². The Morgan fingerprint density at radius 1 is 1.21 bits per heavy atom. The molecule has 0 unspecified atom stereocenters. The van der Waals surface area contributed by atoms with Crippen molar-refractivity contribution in [2.24, 2.45) is 0 Å². The summed E-state index contributed by atoms with van der Waals surface area (Å²) in [7, 11) is 1.62. The fourth-order valence-corrected chi connectivity index (χ4v) is 2.97. The number of amides is 1. The molecule has 0 aliphatic rings. The Bertz CT molecular complexity index is 1080. The van der Waals surface area contributed by atoms with Crippen LogP contribution in [0.25, 0.3) is 11.8 Å². The molecule has 1 N–H and O–H groups in total. The van der Waals surface area contributed by atoms with Gasteiger partial charge in [0.05, 0.1) is 7.11 Å². The molecule has 0 atom stereocenters. The molecule has 2 aromatic carbocycles. The van der Waals surface area contributed by atoms with Gasteiger partial charge in [-0.1, -0.05) is 17.7 Å². The minimum Gasteiger partial charge on any atom is -0.497 e. The topological polar surface area (TPSA) is 67.0 Å². The fraction of sp³-hybridized carbons (Fsp3) is 0.0909. The van der Waals surface area contributed by atoms with E-state index in [0.29, 0.717) is 10.7 Å². The van der Waals surface area contributed by atoms with Crippen molar-refractivity contribution >= 4 is 29.3 Å². The summed E-state index contributed by atoms with van der Waals surface area (Å²) in [5.74, 6) is 0.290. The first-order valence-corrected chi connectivity index (χ1v) is 8.90.